The molecule has 1 saturated heterocycles. The number of guanidine groups is 1. The van der Waals surface area contributed by atoms with Crippen LogP contribution in [0.4, 0.5) is 0 Å². The first-order valence-corrected chi connectivity index (χ1v) is 12.1. The van der Waals surface area contributed by atoms with Gasteiger partial charge in [-0.3, -0.25) is 9.79 Å². The number of carbonyl (C=O) groups is 1. The van der Waals surface area contributed by atoms with E-state index in [0.29, 0.717) is 29.5 Å². The fraction of sp³-hybridized carbons (Fsp3) is 0.913. The lowest BCUT2D eigenvalue weighted by molar-refractivity contribution is -0.135. The van der Waals surface area contributed by atoms with Crippen LogP contribution in [0.15, 0.2) is 4.99 Å². The molecular formula is C23H41IN4O2. The Labute approximate surface area is 199 Å². The summed E-state index contributed by atoms with van der Waals surface area (Å²) in [5.74, 6) is 1.56. The average molecular weight is 533 g/mol. The molecule has 172 valence electrons. The van der Waals surface area contributed by atoms with Gasteiger partial charge in [-0.05, 0) is 45.4 Å². The molecule has 4 fully saturated rings. The molecule has 3 atom stereocenters. The third kappa shape index (κ3) is 4.92. The van der Waals surface area contributed by atoms with Crippen molar-refractivity contribution in [3.8, 4) is 0 Å². The van der Waals surface area contributed by atoms with Crippen LogP contribution in [0, 0.1) is 11.3 Å². The minimum absolute atomic E-state index is 0. The summed E-state index contributed by atoms with van der Waals surface area (Å²) in [6.07, 6.45) is 13.5. The quantitative estimate of drug-likeness (QED) is 0.322. The normalized spacial score (nSPS) is 31.3. The van der Waals surface area contributed by atoms with E-state index in [-0.39, 0.29) is 29.9 Å². The highest BCUT2D eigenvalue weighted by Crippen LogP contribution is 2.54. The number of hydrogen-bond donors (Lipinski definition) is 2. The Morgan fingerprint density at radius 3 is 2.50 bits per heavy atom. The van der Waals surface area contributed by atoms with Crippen molar-refractivity contribution < 1.29 is 9.53 Å². The zero-order valence-corrected chi connectivity index (χ0v) is 21.2. The first kappa shape index (κ1) is 24.1. The molecule has 7 heteroatoms. The molecule has 0 aromatic rings. The molecule has 30 heavy (non-hydrogen) atoms. The van der Waals surface area contributed by atoms with Crippen molar-refractivity contribution in [3.63, 3.8) is 0 Å². The zero-order chi connectivity index (χ0) is 20.3. The van der Waals surface area contributed by atoms with Crippen molar-refractivity contribution >= 4 is 35.8 Å². The minimum Gasteiger partial charge on any atom is -0.378 e. The van der Waals surface area contributed by atoms with Crippen molar-refractivity contribution in [2.75, 3.05) is 26.7 Å². The highest BCUT2D eigenvalue weighted by molar-refractivity contribution is 14.0. The number of amides is 1. The Kier molecular flexibility index (Phi) is 8.70. The third-order valence-corrected chi connectivity index (χ3v) is 8.02. The van der Waals surface area contributed by atoms with E-state index in [1.807, 2.05) is 7.05 Å². The van der Waals surface area contributed by atoms with Crippen molar-refractivity contribution in [2.24, 2.45) is 16.3 Å². The zero-order valence-electron chi connectivity index (χ0n) is 18.8. The number of halogens is 1. The van der Waals surface area contributed by atoms with E-state index in [2.05, 4.69) is 27.4 Å². The van der Waals surface area contributed by atoms with E-state index in [4.69, 9.17) is 4.74 Å². The van der Waals surface area contributed by atoms with Crippen LogP contribution in [-0.4, -0.2) is 61.7 Å². The monoisotopic (exact) mass is 532 g/mol. The summed E-state index contributed by atoms with van der Waals surface area (Å²) in [5.41, 5.74) is 0.298. The molecule has 3 saturated carbocycles. The van der Waals surface area contributed by atoms with Crippen LogP contribution >= 0.6 is 24.0 Å². The van der Waals surface area contributed by atoms with E-state index in [9.17, 15) is 4.79 Å². The molecule has 0 aromatic carbocycles. The van der Waals surface area contributed by atoms with Gasteiger partial charge in [-0.1, -0.05) is 32.1 Å². The predicted molar refractivity (Wildman–Crippen MR) is 131 cm³/mol. The molecule has 2 N–H and O–H groups in total. The highest BCUT2D eigenvalue weighted by atomic mass is 127. The number of nitrogens with zero attached hydrogens (tertiary/aromatic N) is 2. The van der Waals surface area contributed by atoms with Gasteiger partial charge < -0.3 is 20.3 Å². The van der Waals surface area contributed by atoms with Gasteiger partial charge in [0.2, 0.25) is 5.91 Å². The lowest BCUT2D eigenvalue weighted by atomic mass is 9.60. The van der Waals surface area contributed by atoms with E-state index in [1.165, 1.54) is 44.9 Å². The molecule has 3 unspecified atom stereocenters. The first-order chi connectivity index (χ1) is 14.2. The van der Waals surface area contributed by atoms with Gasteiger partial charge in [0, 0.05) is 50.2 Å². The second-order valence-electron chi connectivity index (χ2n) is 9.64. The molecule has 1 aliphatic heterocycles. The van der Waals surface area contributed by atoms with E-state index in [0.717, 1.165) is 51.3 Å². The topological polar surface area (TPSA) is 66.0 Å². The number of carbonyl (C=O) groups excluding carboxylic acids is 1. The van der Waals surface area contributed by atoms with Gasteiger partial charge in [-0.25, -0.2) is 0 Å². The number of likely N-dealkylation sites (tertiary alicyclic amines) is 1. The molecule has 1 spiro atoms. The molecule has 1 heterocycles. The van der Waals surface area contributed by atoms with Gasteiger partial charge in [-0.2, -0.15) is 0 Å². The van der Waals surface area contributed by atoms with Crippen molar-refractivity contribution in [1.82, 2.24) is 15.5 Å². The summed E-state index contributed by atoms with van der Waals surface area (Å²) in [5, 5.41) is 7.32. The number of hydrogen-bond acceptors (Lipinski definition) is 3. The Balaban J connectivity index is 0.00000256. The summed E-state index contributed by atoms with van der Waals surface area (Å²) in [4.78, 5) is 19.4. The summed E-state index contributed by atoms with van der Waals surface area (Å²) >= 11 is 0. The molecule has 6 nitrogen and oxygen atoms in total. The lowest BCUT2D eigenvalue weighted by Gasteiger charge is -2.54. The standard InChI is InChI=1S/C23H40N4O2.HI/c1-3-29-20-15-19(23(20)12-7-8-13-23)26-22(24-2)25-18-11-14-27(16-18)21(28)17-9-5-4-6-10-17;/h17-20H,3-16H2,1-2H3,(H2,24,25,26);1H. The van der Waals surface area contributed by atoms with Gasteiger partial charge >= 0.3 is 0 Å². The van der Waals surface area contributed by atoms with Crippen LogP contribution in [0.1, 0.15) is 77.6 Å². The minimum atomic E-state index is 0. The third-order valence-electron chi connectivity index (χ3n) is 8.02. The predicted octanol–water partition coefficient (Wildman–Crippen LogP) is 3.69. The summed E-state index contributed by atoms with van der Waals surface area (Å²) < 4.78 is 6.05. The summed E-state index contributed by atoms with van der Waals surface area (Å²) in [7, 11) is 1.86. The van der Waals surface area contributed by atoms with Gasteiger partial charge in [0.15, 0.2) is 5.96 Å². The smallest absolute Gasteiger partial charge is 0.225 e. The van der Waals surface area contributed by atoms with Crippen LogP contribution in [0.3, 0.4) is 0 Å². The summed E-state index contributed by atoms with van der Waals surface area (Å²) in [6.45, 7) is 4.60. The fourth-order valence-electron chi connectivity index (χ4n) is 6.30. The summed E-state index contributed by atoms with van der Waals surface area (Å²) in [6, 6.07) is 0.755. The van der Waals surface area contributed by atoms with Crippen LogP contribution in [-0.2, 0) is 9.53 Å². The van der Waals surface area contributed by atoms with Crippen molar-refractivity contribution in [1.29, 1.82) is 0 Å². The Hall–Kier alpha value is -0.570. The highest BCUT2D eigenvalue weighted by Gasteiger charge is 2.57. The maximum atomic E-state index is 12.8. The number of nitrogens with one attached hydrogen (secondary N) is 2. The Morgan fingerprint density at radius 2 is 1.83 bits per heavy atom. The number of aliphatic imine (C=N–C) groups is 1. The SMILES string of the molecule is CCOC1CC(NC(=NC)NC2CCN(C(=O)C3CCCCC3)C2)C12CCCC2.I. The number of rotatable bonds is 5. The van der Waals surface area contributed by atoms with Crippen LogP contribution < -0.4 is 10.6 Å². The molecule has 0 bridgehead atoms. The van der Waals surface area contributed by atoms with Crippen molar-refractivity contribution in [3.05, 3.63) is 0 Å². The second kappa shape index (κ2) is 10.8. The van der Waals surface area contributed by atoms with Crippen LogP contribution in [0.25, 0.3) is 0 Å². The second-order valence-corrected chi connectivity index (χ2v) is 9.64. The molecule has 1 amide bonds. The van der Waals surface area contributed by atoms with E-state index >= 15 is 0 Å². The molecule has 4 rings (SSSR count). The van der Waals surface area contributed by atoms with E-state index < -0.39 is 0 Å². The molecule has 0 aromatic heterocycles. The molecule has 4 aliphatic rings. The first-order valence-electron chi connectivity index (χ1n) is 12.1. The maximum absolute atomic E-state index is 12.8. The van der Waals surface area contributed by atoms with Crippen molar-refractivity contribution in [2.45, 2.75) is 95.7 Å². The van der Waals surface area contributed by atoms with Crippen LogP contribution in [0.2, 0.25) is 0 Å². The Morgan fingerprint density at radius 1 is 1.10 bits per heavy atom. The molecule has 3 aliphatic carbocycles. The Bertz CT molecular complexity index is 602. The van der Waals surface area contributed by atoms with Gasteiger partial charge in [0.25, 0.3) is 0 Å². The molecular weight excluding hydrogens is 491 g/mol. The van der Waals surface area contributed by atoms with Crippen LogP contribution in [0.5, 0.6) is 0 Å². The van der Waals surface area contributed by atoms with Gasteiger partial charge in [0.1, 0.15) is 0 Å². The molecule has 0 radical (unpaired) electrons. The lowest BCUT2D eigenvalue weighted by Crippen LogP contribution is -2.65. The van der Waals surface area contributed by atoms with Gasteiger partial charge in [-0.15, -0.1) is 24.0 Å². The fourth-order valence-corrected chi connectivity index (χ4v) is 6.30. The van der Waals surface area contributed by atoms with Gasteiger partial charge in [0.05, 0.1) is 6.10 Å². The number of ether oxygens (including phenoxy) is 1. The van der Waals surface area contributed by atoms with E-state index in [1.54, 1.807) is 0 Å². The average Bonchev–Trinajstić information content (AvgIpc) is 3.43. The largest absolute Gasteiger partial charge is 0.378 e. The maximum Gasteiger partial charge on any atom is 0.225 e.